The van der Waals surface area contributed by atoms with E-state index in [2.05, 4.69) is 0 Å². The van der Waals surface area contributed by atoms with Crippen LogP contribution in [0.25, 0.3) is 0 Å². The number of nitrogens with zero attached hydrogens (tertiary/aromatic N) is 1. The van der Waals surface area contributed by atoms with Crippen LogP contribution in [0.5, 0.6) is 17.2 Å². The molecule has 1 atom stereocenters. The van der Waals surface area contributed by atoms with E-state index in [-0.39, 0.29) is 16.5 Å². The highest BCUT2D eigenvalue weighted by molar-refractivity contribution is 6.30. The van der Waals surface area contributed by atoms with Crippen LogP contribution in [0.1, 0.15) is 6.92 Å². The van der Waals surface area contributed by atoms with Gasteiger partial charge in [0, 0.05) is 11.1 Å². The molecule has 2 rings (SSSR count). The maximum absolute atomic E-state index is 11.0. The molecule has 120 valence electrons. The molecular formula is C15H12ClNO6. The maximum Gasteiger partial charge on any atom is 0.344 e. The zero-order valence-electron chi connectivity index (χ0n) is 11.9. The molecule has 23 heavy (non-hydrogen) atoms. The Bertz CT molecular complexity index is 731. The molecule has 1 unspecified atom stereocenters. The van der Waals surface area contributed by atoms with Crippen molar-refractivity contribution in [1.29, 1.82) is 0 Å². The van der Waals surface area contributed by atoms with Crippen molar-refractivity contribution in [3.05, 3.63) is 57.6 Å². The molecule has 0 aliphatic heterocycles. The number of hydrogen-bond acceptors (Lipinski definition) is 5. The van der Waals surface area contributed by atoms with E-state index >= 15 is 0 Å². The Morgan fingerprint density at radius 1 is 1.22 bits per heavy atom. The summed E-state index contributed by atoms with van der Waals surface area (Å²) >= 11 is 5.73. The predicted molar refractivity (Wildman–Crippen MR) is 82.3 cm³/mol. The van der Waals surface area contributed by atoms with Gasteiger partial charge in [-0.3, -0.25) is 10.1 Å². The largest absolute Gasteiger partial charge is 0.479 e. The Morgan fingerprint density at radius 3 is 2.39 bits per heavy atom. The van der Waals surface area contributed by atoms with E-state index in [4.69, 9.17) is 26.2 Å². The Hall–Kier alpha value is -2.80. The van der Waals surface area contributed by atoms with Crippen molar-refractivity contribution < 1.29 is 24.3 Å². The third-order valence-electron chi connectivity index (χ3n) is 2.83. The molecule has 0 saturated heterocycles. The number of benzene rings is 2. The van der Waals surface area contributed by atoms with Crippen LogP contribution in [-0.4, -0.2) is 22.1 Å². The maximum atomic E-state index is 11.0. The Kier molecular flexibility index (Phi) is 5.02. The third-order valence-corrected chi connectivity index (χ3v) is 3.06. The Morgan fingerprint density at radius 2 is 1.83 bits per heavy atom. The highest BCUT2D eigenvalue weighted by Gasteiger charge is 2.17. The summed E-state index contributed by atoms with van der Waals surface area (Å²) in [6.07, 6.45) is -0.987. The van der Waals surface area contributed by atoms with Crippen LogP contribution in [0, 0.1) is 10.1 Å². The lowest BCUT2D eigenvalue weighted by molar-refractivity contribution is -0.385. The van der Waals surface area contributed by atoms with Crippen molar-refractivity contribution in [3.8, 4) is 17.2 Å². The minimum atomic E-state index is -1.08. The number of halogens is 1. The van der Waals surface area contributed by atoms with Gasteiger partial charge in [0.25, 0.3) is 0 Å². The van der Waals surface area contributed by atoms with Gasteiger partial charge in [0.1, 0.15) is 11.5 Å². The SMILES string of the molecule is CC(Oc1ccc(Oc2ccc(Cl)cc2[N+](=O)[O-])cc1)C(=O)O. The number of nitro groups is 1. The number of aliphatic carboxylic acids is 1. The molecule has 0 radical (unpaired) electrons. The van der Waals surface area contributed by atoms with Gasteiger partial charge in [0.05, 0.1) is 4.92 Å². The van der Waals surface area contributed by atoms with Gasteiger partial charge >= 0.3 is 11.7 Å². The normalized spacial score (nSPS) is 11.6. The first-order chi connectivity index (χ1) is 10.9. The molecule has 2 aromatic rings. The lowest BCUT2D eigenvalue weighted by Crippen LogP contribution is -2.22. The van der Waals surface area contributed by atoms with E-state index in [1.165, 1.54) is 49.4 Å². The molecule has 0 aliphatic rings. The topological polar surface area (TPSA) is 98.9 Å². The number of rotatable bonds is 6. The Labute approximate surface area is 136 Å². The number of hydrogen-bond donors (Lipinski definition) is 1. The molecule has 0 spiro atoms. The van der Waals surface area contributed by atoms with E-state index in [1.54, 1.807) is 0 Å². The van der Waals surface area contributed by atoms with Crippen LogP contribution in [0.15, 0.2) is 42.5 Å². The summed E-state index contributed by atoms with van der Waals surface area (Å²) in [5.74, 6) is -0.349. The van der Waals surface area contributed by atoms with E-state index in [0.29, 0.717) is 11.5 Å². The fourth-order valence-corrected chi connectivity index (χ4v) is 1.85. The first-order valence-corrected chi connectivity index (χ1v) is 6.86. The molecule has 2 aromatic carbocycles. The summed E-state index contributed by atoms with van der Waals surface area (Å²) in [6, 6.07) is 10.1. The number of carbonyl (C=O) groups is 1. The van der Waals surface area contributed by atoms with Crippen molar-refractivity contribution in [2.75, 3.05) is 0 Å². The summed E-state index contributed by atoms with van der Waals surface area (Å²) in [5.41, 5.74) is -0.252. The highest BCUT2D eigenvalue weighted by atomic mass is 35.5. The number of ether oxygens (including phenoxy) is 2. The van der Waals surface area contributed by atoms with E-state index in [1.807, 2.05) is 0 Å². The average Bonchev–Trinajstić information content (AvgIpc) is 2.50. The van der Waals surface area contributed by atoms with Crippen molar-refractivity contribution in [2.24, 2.45) is 0 Å². The van der Waals surface area contributed by atoms with Gasteiger partial charge < -0.3 is 14.6 Å². The number of carboxylic acid groups (broad SMARTS) is 1. The van der Waals surface area contributed by atoms with Crippen LogP contribution < -0.4 is 9.47 Å². The Balaban J connectivity index is 2.15. The van der Waals surface area contributed by atoms with Gasteiger partial charge in [-0.15, -0.1) is 0 Å². The predicted octanol–water partition coefficient (Wildman–Crippen LogP) is 3.89. The second-order valence-electron chi connectivity index (χ2n) is 4.54. The molecule has 7 nitrogen and oxygen atoms in total. The summed E-state index contributed by atoms with van der Waals surface area (Å²) in [4.78, 5) is 21.1. The quantitative estimate of drug-likeness (QED) is 0.634. The number of carboxylic acids is 1. The van der Waals surface area contributed by atoms with E-state index in [9.17, 15) is 14.9 Å². The molecule has 1 N–H and O–H groups in total. The van der Waals surface area contributed by atoms with Gasteiger partial charge in [-0.25, -0.2) is 4.79 Å². The van der Waals surface area contributed by atoms with E-state index < -0.39 is 17.0 Å². The van der Waals surface area contributed by atoms with Gasteiger partial charge in [0.15, 0.2) is 6.10 Å². The number of nitro benzene ring substituents is 1. The smallest absolute Gasteiger partial charge is 0.344 e. The monoisotopic (exact) mass is 337 g/mol. The third kappa shape index (κ3) is 4.33. The summed E-state index contributed by atoms with van der Waals surface area (Å²) < 4.78 is 10.6. The van der Waals surface area contributed by atoms with Gasteiger partial charge in [0.2, 0.25) is 5.75 Å². The molecule has 8 heteroatoms. The molecule has 0 bridgehead atoms. The lowest BCUT2D eigenvalue weighted by atomic mass is 10.3. The average molecular weight is 338 g/mol. The molecule has 0 aliphatic carbocycles. The summed E-state index contributed by atoms with van der Waals surface area (Å²) in [6.45, 7) is 1.41. The van der Waals surface area contributed by atoms with Crippen LogP contribution >= 0.6 is 11.6 Å². The fourth-order valence-electron chi connectivity index (χ4n) is 1.69. The second-order valence-corrected chi connectivity index (χ2v) is 4.98. The van der Waals surface area contributed by atoms with Crippen molar-refractivity contribution >= 4 is 23.3 Å². The molecule has 0 saturated carbocycles. The van der Waals surface area contributed by atoms with Crippen molar-refractivity contribution in [3.63, 3.8) is 0 Å². The molecule has 0 heterocycles. The minimum Gasteiger partial charge on any atom is -0.479 e. The molecular weight excluding hydrogens is 326 g/mol. The van der Waals surface area contributed by atoms with Gasteiger partial charge in [-0.2, -0.15) is 0 Å². The second kappa shape index (κ2) is 6.97. The first kappa shape index (κ1) is 16.6. The lowest BCUT2D eigenvalue weighted by Gasteiger charge is -2.11. The van der Waals surface area contributed by atoms with Crippen molar-refractivity contribution in [1.82, 2.24) is 0 Å². The molecule has 0 amide bonds. The highest BCUT2D eigenvalue weighted by Crippen LogP contribution is 2.34. The zero-order chi connectivity index (χ0) is 17.0. The van der Waals surface area contributed by atoms with Crippen LogP contribution in [0.2, 0.25) is 5.02 Å². The molecule has 0 fully saturated rings. The van der Waals surface area contributed by atoms with E-state index in [0.717, 1.165) is 0 Å². The van der Waals surface area contributed by atoms with Crippen LogP contribution in [0.4, 0.5) is 5.69 Å². The van der Waals surface area contributed by atoms with Gasteiger partial charge in [-0.1, -0.05) is 11.6 Å². The first-order valence-electron chi connectivity index (χ1n) is 6.48. The van der Waals surface area contributed by atoms with Crippen LogP contribution in [0.3, 0.4) is 0 Å². The van der Waals surface area contributed by atoms with Gasteiger partial charge in [-0.05, 0) is 43.3 Å². The fraction of sp³-hybridized carbons (Fsp3) is 0.133. The zero-order valence-corrected chi connectivity index (χ0v) is 12.7. The standard InChI is InChI=1S/C15H12ClNO6/c1-9(15(18)19)22-11-3-5-12(6-4-11)23-14-7-2-10(16)8-13(14)17(20)21/h2-9H,1H3,(H,18,19). The van der Waals surface area contributed by atoms with Crippen molar-refractivity contribution in [2.45, 2.75) is 13.0 Å². The van der Waals surface area contributed by atoms with Crippen LogP contribution in [-0.2, 0) is 4.79 Å². The summed E-state index contributed by atoms with van der Waals surface area (Å²) in [7, 11) is 0. The minimum absolute atomic E-state index is 0.0481. The molecule has 0 aromatic heterocycles. The summed E-state index contributed by atoms with van der Waals surface area (Å²) in [5, 5.41) is 20.0.